The molecule has 0 spiro atoms. The molecule has 5 heteroatoms. The van der Waals surface area contributed by atoms with Gasteiger partial charge in [0.25, 0.3) is 0 Å². The fourth-order valence-electron chi connectivity index (χ4n) is 4.84. The first-order valence-corrected chi connectivity index (χ1v) is 12.6. The number of rotatable bonds is 8. The van der Waals surface area contributed by atoms with Crippen LogP contribution in [0.25, 0.3) is 17.2 Å². The first-order chi connectivity index (χ1) is 17.3. The van der Waals surface area contributed by atoms with Crippen LogP contribution < -0.4 is 15.0 Å². The van der Waals surface area contributed by atoms with Gasteiger partial charge in [0.1, 0.15) is 5.75 Å². The number of piperazine rings is 1. The number of benzene rings is 3. The van der Waals surface area contributed by atoms with Crippen LogP contribution in [0.2, 0.25) is 0 Å². The van der Waals surface area contributed by atoms with Crippen LogP contribution in [0.5, 0.6) is 5.75 Å². The van der Waals surface area contributed by atoms with Crippen molar-refractivity contribution in [1.82, 2.24) is 10.2 Å². The summed E-state index contributed by atoms with van der Waals surface area (Å²) in [5.41, 5.74) is 8.53. The molecule has 1 aliphatic rings. The van der Waals surface area contributed by atoms with Gasteiger partial charge in [-0.15, -0.1) is 0 Å². The summed E-state index contributed by atoms with van der Waals surface area (Å²) in [6.07, 6.45) is 3.65. The third-order valence-electron chi connectivity index (χ3n) is 6.53. The second-order valence-corrected chi connectivity index (χ2v) is 9.85. The molecular formula is C31H37N3O2. The first-order valence-electron chi connectivity index (χ1n) is 12.6. The van der Waals surface area contributed by atoms with Gasteiger partial charge < -0.3 is 19.9 Å². The van der Waals surface area contributed by atoms with E-state index in [0.29, 0.717) is 0 Å². The minimum Gasteiger partial charge on any atom is -0.497 e. The van der Waals surface area contributed by atoms with E-state index in [1.807, 2.05) is 38.4 Å². The third kappa shape index (κ3) is 6.23. The molecule has 3 aromatic rings. The van der Waals surface area contributed by atoms with E-state index in [2.05, 4.69) is 65.4 Å². The minimum atomic E-state index is 0.0152. The smallest absolute Gasteiger partial charge is 0.187 e. The molecule has 0 aromatic heterocycles. The van der Waals surface area contributed by atoms with Gasteiger partial charge in [0.05, 0.1) is 7.11 Å². The quantitative estimate of drug-likeness (QED) is 0.346. The summed E-state index contributed by atoms with van der Waals surface area (Å²) in [4.78, 5) is 18.1. The Morgan fingerprint density at radius 1 is 0.972 bits per heavy atom. The van der Waals surface area contributed by atoms with E-state index >= 15 is 0 Å². The van der Waals surface area contributed by atoms with Crippen molar-refractivity contribution in [1.29, 1.82) is 0 Å². The average Bonchev–Trinajstić information content (AvgIpc) is 2.87. The Morgan fingerprint density at radius 2 is 1.69 bits per heavy atom. The number of carbonyl (C=O) groups is 1. The fourth-order valence-corrected chi connectivity index (χ4v) is 4.84. The summed E-state index contributed by atoms with van der Waals surface area (Å²) in [7, 11) is 5.75. The Hall–Kier alpha value is -3.41. The largest absolute Gasteiger partial charge is 0.497 e. The van der Waals surface area contributed by atoms with Crippen LogP contribution in [0.15, 0.2) is 60.7 Å². The SMILES string of the molecule is COc1ccc(C=CC(=O)c2cc(-c3cc(C)cc(C)c3)ccc2N2CCNCC2)c(CN(C)C)c1. The molecule has 188 valence electrons. The van der Waals surface area contributed by atoms with Crippen molar-refractivity contribution in [3.05, 3.63) is 88.5 Å². The van der Waals surface area contributed by atoms with E-state index in [4.69, 9.17) is 4.74 Å². The van der Waals surface area contributed by atoms with Crippen molar-refractivity contribution >= 4 is 17.5 Å². The van der Waals surface area contributed by atoms with Crippen LogP contribution in [-0.2, 0) is 6.54 Å². The van der Waals surface area contributed by atoms with E-state index in [0.717, 1.165) is 72.0 Å². The van der Waals surface area contributed by atoms with Gasteiger partial charge in [0.15, 0.2) is 5.78 Å². The standard InChI is InChI=1S/C31H37N3O2/c1-22-16-23(2)18-26(17-22)25-7-10-30(34-14-12-32-13-15-34)29(20-25)31(35)11-8-24-6-9-28(36-5)19-27(24)21-33(3)4/h6-11,16-20,32H,12-15,21H2,1-5H3. The zero-order valence-corrected chi connectivity index (χ0v) is 22.1. The number of allylic oxidation sites excluding steroid dienone is 1. The molecule has 0 unspecified atom stereocenters. The Labute approximate surface area is 215 Å². The van der Waals surface area contributed by atoms with Crippen LogP contribution in [0.3, 0.4) is 0 Å². The fraction of sp³-hybridized carbons (Fsp3) is 0.323. The Bertz CT molecular complexity index is 1240. The number of ether oxygens (including phenoxy) is 1. The highest BCUT2D eigenvalue weighted by Gasteiger charge is 2.18. The van der Waals surface area contributed by atoms with E-state index in [1.165, 1.54) is 11.1 Å². The molecule has 5 nitrogen and oxygen atoms in total. The molecule has 1 N–H and O–H groups in total. The Kier molecular flexibility index (Phi) is 8.24. The first kappa shape index (κ1) is 25.7. The number of methoxy groups -OCH3 is 1. The second kappa shape index (κ2) is 11.5. The molecule has 1 heterocycles. The zero-order valence-electron chi connectivity index (χ0n) is 22.1. The van der Waals surface area contributed by atoms with Crippen LogP contribution in [0, 0.1) is 13.8 Å². The van der Waals surface area contributed by atoms with E-state index < -0.39 is 0 Å². The van der Waals surface area contributed by atoms with E-state index in [-0.39, 0.29) is 5.78 Å². The number of nitrogens with one attached hydrogen (secondary N) is 1. The lowest BCUT2D eigenvalue weighted by Crippen LogP contribution is -2.44. The van der Waals surface area contributed by atoms with Gasteiger partial charge in [-0.05, 0) is 80.5 Å². The number of ketones is 1. The molecule has 0 amide bonds. The summed E-state index contributed by atoms with van der Waals surface area (Å²) >= 11 is 0. The summed E-state index contributed by atoms with van der Waals surface area (Å²) in [5, 5.41) is 3.41. The number of aryl methyl sites for hydroxylation is 2. The second-order valence-electron chi connectivity index (χ2n) is 9.85. The highest BCUT2D eigenvalue weighted by atomic mass is 16.5. The van der Waals surface area contributed by atoms with Crippen molar-refractivity contribution in [2.24, 2.45) is 0 Å². The van der Waals surface area contributed by atoms with Crippen LogP contribution in [-0.4, -0.2) is 58.1 Å². The maximum atomic E-state index is 13.7. The molecule has 0 aliphatic carbocycles. The monoisotopic (exact) mass is 483 g/mol. The molecule has 0 saturated carbocycles. The molecule has 3 aromatic carbocycles. The van der Waals surface area contributed by atoms with E-state index in [1.54, 1.807) is 13.2 Å². The van der Waals surface area contributed by atoms with Gasteiger partial charge in [-0.25, -0.2) is 0 Å². The highest BCUT2D eigenvalue weighted by Crippen LogP contribution is 2.30. The number of anilines is 1. The topological polar surface area (TPSA) is 44.8 Å². The maximum Gasteiger partial charge on any atom is 0.187 e. The molecule has 0 atom stereocenters. The highest BCUT2D eigenvalue weighted by molar-refractivity contribution is 6.11. The average molecular weight is 484 g/mol. The lowest BCUT2D eigenvalue weighted by molar-refractivity contribution is 0.104. The number of nitrogens with zero attached hydrogens (tertiary/aromatic N) is 2. The Morgan fingerprint density at radius 3 is 2.36 bits per heavy atom. The molecule has 4 rings (SSSR count). The summed E-state index contributed by atoms with van der Waals surface area (Å²) < 4.78 is 5.42. The number of hydrogen-bond donors (Lipinski definition) is 1. The molecule has 1 aliphatic heterocycles. The van der Waals surface area contributed by atoms with Gasteiger partial charge in [0.2, 0.25) is 0 Å². The van der Waals surface area contributed by atoms with Gasteiger partial charge in [-0.2, -0.15) is 0 Å². The molecule has 1 fully saturated rings. The maximum absolute atomic E-state index is 13.7. The summed E-state index contributed by atoms with van der Waals surface area (Å²) in [5.74, 6) is 0.832. The summed E-state index contributed by atoms with van der Waals surface area (Å²) in [6.45, 7) is 8.60. The molecular weight excluding hydrogens is 446 g/mol. The lowest BCUT2D eigenvalue weighted by atomic mass is 9.96. The van der Waals surface area contributed by atoms with Crippen molar-refractivity contribution in [3.63, 3.8) is 0 Å². The van der Waals surface area contributed by atoms with Crippen molar-refractivity contribution < 1.29 is 9.53 Å². The molecule has 1 saturated heterocycles. The van der Waals surface area contributed by atoms with E-state index in [9.17, 15) is 4.79 Å². The number of hydrogen-bond acceptors (Lipinski definition) is 5. The van der Waals surface area contributed by atoms with Gasteiger partial charge in [0, 0.05) is 44.0 Å². The predicted molar refractivity (Wildman–Crippen MR) is 150 cm³/mol. The molecule has 0 bridgehead atoms. The van der Waals surface area contributed by atoms with Crippen molar-refractivity contribution in [3.8, 4) is 16.9 Å². The van der Waals surface area contributed by atoms with Crippen molar-refractivity contribution in [2.45, 2.75) is 20.4 Å². The molecule has 36 heavy (non-hydrogen) atoms. The zero-order chi connectivity index (χ0) is 25.7. The van der Waals surface area contributed by atoms with Crippen LogP contribution in [0.1, 0.15) is 32.6 Å². The van der Waals surface area contributed by atoms with Crippen LogP contribution in [0.4, 0.5) is 5.69 Å². The number of carbonyl (C=O) groups excluding carboxylic acids is 1. The van der Waals surface area contributed by atoms with Gasteiger partial charge >= 0.3 is 0 Å². The minimum absolute atomic E-state index is 0.0152. The van der Waals surface area contributed by atoms with Gasteiger partial charge in [-0.1, -0.05) is 47.5 Å². The van der Waals surface area contributed by atoms with Crippen molar-refractivity contribution in [2.75, 3.05) is 52.3 Å². The van der Waals surface area contributed by atoms with Crippen LogP contribution >= 0.6 is 0 Å². The Balaban J connectivity index is 1.72. The molecule has 0 radical (unpaired) electrons. The summed E-state index contributed by atoms with van der Waals surface area (Å²) in [6, 6.07) is 18.9. The normalized spacial score (nSPS) is 14.0. The predicted octanol–water partition coefficient (Wildman–Crippen LogP) is 5.35. The van der Waals surface area contributed by atoms with Gasteiger partial charge in [-0.3, -0.25) is 4.79 Å². The third-order valence-corrected chi connectivity index (χ3v) is 6.53. The lowest BCUT2D eigenvalue weighted by Gasteiger charge is -2.31.